The van der Waals surface area contributed by atoms with Crippen LogP contribution >= 0.6 is 0 Å². The van der Waals surface area contributed by atoms with E-state index in [2.05, 4.69) is 27.7 Å². The molecule has 176 valence electrons. The third-order valence-electron chi connectivity index (χ3n) is 12.2. The number of rotatable bonds is 0. The number of aliphatic hydroxyl groups is 1. The Kier molecular flexibility index (Phi) is 4.62. The third kappa shape index (κ3) is 2.63. The van der Waals surface area contributed by atoms with Crippen LogP contribution in [0.4, 0.5) is 0 Å². The number of nitrogens with two attached hydrogens (primary N) is 1. The van der Waals surface area contributed by atoms with Crippen molar-refractivity contribution in [2.45, 2.75) is 115 Å². The molecular weight excluding hydrogens is 386 g/mol. The van der Waals surface area contributed by atoms with Crippen LogP contribution in [0.5, 0.6) is 0 Å². The first-order valence-corrected chi connectivity index (χ1v) is 13.4. The van der Waals surface area contributed by atoms with Gasteiger partial charge in [0.05, 0.1) is 18.3 Å². The summed E-state index contributed by atoms with van der Waals surface area (Å²) < 4.78 is 13.3. The molecule has 1 spiro atoms. The first-order valence-electron chi connectivity index (χ1n) is 13.4. The highest BCUT2D eigenvalue weighted by Crippen LogP contribution is 2.72. The van der Waals surface area contributed by atoms with E-state index in [1.807, 2.05) is 0 Å². The summed E-state index contributed by atoms with van der Waals surface area (Å²) in [4.78, 5) is 0. The van der Waals surface area contributed by atoms with Gasteiger partial charge >= 0.3 is 0 Å². The molecule has 2 heterocycles. The standard InChI is InChI=1S/C27H45NO3/c1-16-7-10-27(30-15-16)17(2)23-22(31-27)14-21-20-6-5-18-13-19(28)8-9-25(18,4)26(20,29)12-11-24(21,23)3/h16-23,29H,5-15,28H2,1-4H3. The molecule has 0 aromatic heterocycles. The molecule has 4 heteroatoms. The summed E-state index contributed by atoms with van der Waals surface area (Å²) in [7, 11) is 0. The van der Waals surface area contributed by atoms with E-state index in [1.165, 1.54) is 19.3 Å². The van der Waals surface area contributed by atoms with Gasteiger partial charge in [-0.2, -0.15) is 0 Å². The highest BCUT2D eigenvalue weighted by molar-refractivity contribution is 5.20. The molecule has 2 aliphatic heterocycles. The molecule has 4 aliphatic carbocycles. The van der Waals surface area contributed by atoms with E-state index in [9.17, 15) is 5.11 Å². The average Bonchev–Trinajstić information content (AvgIpc) is 3.17. The molecule has 0 amide bonds. The Morgan fingerprint density at radius 3 is 2.45 bits per heavy atom. The maximum atomic E-state index is 12.4. The van der Waals surface area contributed by atoms with Gasteiger partial charge < -0.3 is 20.3 Å². The Labute approximate surface area is 189 Å². The molecule has 12 atom stereocenters. The fourth-order valence-corrected chi connectivity index (χ4v) is 10.3. The van der Waals surface area contributed by atoms with Crippen molar-refractivity contribution in [2.75, 3.05) is 6.61 Å². The van der Waals surface area contributed by atoms with Gasteiger partial charge in [-0.15, -0.1) is 0 Å². The van der Waals surface area contributed by atoms with Crippen molar-refractivity contribution in [3.63, 3.8) is 0 Å². The summed E-state index contributed by atoms with van der Waals surface area (Å²) in [6.07, 6.45) is 11.5. The van der Waals surface area contributed by atoms with Gasteiger partial charge in [0.1, 0.15) is 0 Å². The highest BCUT2D eigenvalue weighted by atomic mass is 16.7. The second-order valence-corrected chi connectivity index (χ2v) is 13.3. The van der Waals surface area contributed by atoms with Crippen LogP contribution in [0.1, 0.15) is 91.9 Å². The molecule has 0 bridgehead atoms. The topological polar surface area (TPSA) is 64.7 Å². The first-order chi connectivity index (χ1) is 14.6. The summed E-state index contributed by atoms with van der Waals surface area (Å²) in [5, 5.41) is 12.4. The minimum atomic E-state index is -0.517. The zero-order valence-corrected chi connectivity index (χ0v) is 20.2. The molecule has 12 unspecified atom stereocenters. The van der Waals surface area contributed by atoms with Crippen LogP contribution in [-0.2, 0) is 9.47 Å². The van der Waals surface area contributed by atoms with Crippen LogP contribution in [-0.4, -0.2) is 35.2 Å². The summed E-state index contributed by atoms with van der Waals surface area (Å²) in [6, 6.07) is 0.335. The molecule has 6 aliphatic rings. The molecule has 6 fully saturated rings. The van der Waals surface area contributed by atoms with Gasteiger partial charge in [0.2, 0.25) is 0 Å². The number of ether oxygens (including phenoxy) is 2. The Morgan fingerprint density at radius 1 is 0.903 bits per heavy atom. The van der Waals surface area contributed by atoms with Crippen LogP contribution in [0, 0.1) is 46.3 Å². The Balaban J connectivity index is 1.29. The van der Waals surface area contributed by atoms with Gasteiger partial charge in [-0.05, 0) is 98.2 Å². The highest BCUT2D eigenvalue weighted by Gasteiger charge is 2.72. The first kappa shape index (κ1) is 21.4. The fraction of sp³-hybridized carbons (Fsp3) is 1.00. The third-order valence-corrected chi connectivity index (χ3v) is 12.2. The average molecular weight is 432 g/mol. The summed E-state index contributed by atoms with van der Waals surface area (Å²) in [5.74, 6) is 2.93. The van der Waals surface area contributed by atoms with Crippen molar-refractivity contribution in [3.05, 3.63) is 0 Å². The minimum Gasteiger partial charge on any atom is -0.389 e. The number of hydrogen-bond donors (Lipinski definition) is 2. The maximum Gasteiger partial charge on any atom is 0.171 e. The maximum absolute atomic E-state index is 12.4. The molecule has 3 N–H and O–H groups in total. The molecule has 0 radical (unpaired) electrons. The lowest BCUT2D eigenvalue weighted by Gasteiger charge is -2.65. The van der Waals surface area contributed by atoms with Gasteiger partial charge in [0.15, 0.2) is 5.79 Å². The predicted molar refractivity (Wildman–Crippen MR) is 121 cm³/mol. The molecule has 4 saturated carbocycles. The molecule has 6 rings (SSSR count). The lowest BCUT2D eigenvalue weighted by atomic mass is 9.42. The van der Waals surface area contributed by atoms with E-state index in [0.29, 0.717) is 47.7 Å². The van der Waals surface area contributed by atoms with Gasteiger partial charge in [0, 0.05) is 18.4 Å². The van der Waals surface area contributed by atoms with Crippen LogP contribution in [0.25, 0.3) is 0 Å². The van der Waals surface area contributed by atoms with Gasteiger partial charge in [-0.25, -0.2) is 0 Å². The smallest absolute Gasteiger partial charge is 0.171 e. The predicted octanol–water partition coefficient (Wildman–Crippen LogP) is 4.88. The van der Waals surface area contributed by atoms with E-state index >= 15 is 0 Å². The van der Waals surface area contributed by atoms with E-state index in [1.54, 1.807) is 0 Å². The second kappa shape index (κ2) is 6.71. The summed E-state index contributed by atoms with van der Waals surface area (Å²) >= 11 is 0. The Morgan fingerprint density at radius 2 is 1.71 bits per heavy atom. The van der Waals surface area contributed by atoms with Crippen LogP contribution in [0.15, 0.2) is 0 Å². The molecule has 0 aromatic carbocycles. The van der Waals surface area contributed by atoms with Gasteiger partial charge in [-0.1, -0.05) is 27.7 Å². The van der Waals surface area contributed by atoms with Gasteiger partial charge in [0.25, 0.3) is 0 Å². The van der Waals surface area contributed by atoms with Crippen molar-refractivity contribution < 1.29 is 14.6 Å². The van der Waals surface area contributed by atoms with Gasteiger partial charge in [-0.3, -0.25) is 0 Å². The van der Waals surface area contributed by atoms with E-state index in [4.69, 9.17) is 15.2 Å². The van der Waals surface area contributed by atoms with Crippen molar-refractivity contribution in [1.82, 2.24) is 0 Å². The van der Waals surface area contributed by atoms with Crippen molar-refractivity contribution >= 4 is 0 Å². The minimum absolute atomic E-state index is 0.0428. The van der Waals surface area contributed by atoms with Crippen molar-refractivity contribution in [1.29, 1.82) is 0 Å². The zero-order valence-electron chi connectivity index (χ0n) is 20.2. The van der Waals surface area contributed by atoms with Crippen LogP contribution < -0.4 is 5.73 Å². The molecular formula is C27H45NO3. The normalized spacial score (nSPS) is 63.3. The lowest BCUT2D eigenvalue weighted by molar-refractivity contribution is -0.277. The largest absolute Gasteiger partial charge is 0.389 e. The lowest BCUT2D eigenvalue weighted by Crippen LogP contribution is -2.66. The molecule has 4 nitrogen and oxygen atoms in total. The molecule has 2 saturated heterocycles. The Bertz CT molecular complexity index is 734. The monoisotopic (exact) mass is 431 g/mol. The van der Waals surface area contributed by atoms with Crippen molar-refractivity contribution in [2.24, 2.45) is 52.1 Å². The van der Waals surface area contributed by atoms with Crippen LogP contribution in [0.2, 0.25) is 0 Å². The van der Waals surface area contributed by atoms with E-state index in [0.717, 1.165) is 51.6 Å². The molecule has 31 heavy (non-hydrogen) atoms. The van der Waals surface area contributed by atoms with E-state index < -0.39 is 5.60 Å². The summed E-state index contributed by atoms with van der Waals surface area (Å²) in [6.45, 7) is 10.5. The number of hydrogen-bond acceptors (Lipinski definition) is 4. The molecule has 0 aromatic rings. The van der Waals surface area contributed by atoms with E-state index in [-0.39, 0.29) is 16.6 Å². The Hall–Kier alpha value is -0.160. The number of fused-ring (bicyclic) bond motifs is 7. The van der Waals surface area contributed by atoms with Crippen molar-refractivity contribution in [3.8, 4) is 0 Å². The van der Waals surface area contributed by atoms with Crippen LogP contribution in [0.3, 0.4) is 0 Å². The second-order valence-electron chi connectivity index (χ2n) is 13.3. The zero-order chi connectivity index (χ0) is 21.8. The SMILES string of the molecule is CC1CCC2(OC1)OC1CC3C4CCC5CC(N)CCC5(C)C4(O)CCC3(C)C1C2C. The quantitative estimate of drug-likeness (QED) is 0.574. The fourth-order valence-electron chi connectivity index (χ4n) is 10.3. The summed E-state index contributed by atoms with van der Waals surface area (Å²) in [5.41, 5.74) is 6.16.